The van der Waals surface area contributed by atoms with E-state index in [4.69, 9.17) is 16.9 Å². The topological polar surface area (TPSA) is 48.7 Å². The lowest BCUT2D eigenvalue weighted by molar-refractivity contribution is -0.141. The minimum Gasteiger partial charge on any atom is -0.364 e. The second-order valence-electron chi connectivity index (χ2n) is 3.07. The maximum Gasteiger partial charge on any atom is 0.433 e. The van der Waals surface area contributed by atoms with Crippen LogP contribution in [0.1, 0.15) is 11.3 Å². The average molecular weight is 262 g/mol. The highest BCUT2D eigenvalue weighted by Crippen LogP contribution is 2.29. The Morgan fingerprint density at radius 3 is 2.65 bits per heavy atom. The van der Waals surface area contributed by atoms with Crippen LogP contribution in [0.15, 0.2) is 23.7 Å². The van der Waals surface area contributed by atoms with E-state index < -0.39 is 11.9 Å². The predicted molar refractivity (Wildman–Crippen MR) is 57.4 cm³/mol. The third-order valence-electron chi connectivity index (χ3n) is 1.75. The molecule has 0 saturated heterocycles. The minimum absolute atomic E-state index is 0.0101. The number of hydrogen-bond donors (Lipinski definition) is 1. The highest BCUT2D eigenvalue weighted by atomic mass is 35.5. The van der Waals surface area contributed by atoms with Crippen molar-refractivity contribution >= 4 is 17.4 Å². The monoisotopic (exact) mass is 261 g/mol. The molecule has 90 valence electrons. The first-order valence-corrected chi connectivity index (χ1v) is 4.78. The number of anilines is 1. The summed E-state index contributed by atoms with van der Waals surface area (Å²) < 4.78 is 37.2. The van der Waals surface area contributed by atoms with Crippen molar-refractivity contribution in [1.29, 1.82) is 5.26 Å². The standard InChI is InChI=1S/C10H7ClF3N3/c1-6(11)5-16-9-7(4-15)2-3-8(17-9)10(12,13)14/h2-3H,1,5H2,(H,16,17). The van der Waals surface area contributed by atoms with Crippen LogP contribution in [0, 0.1) is 11.3 Å². The molecule has 1 aromatic heterocycles. The molecular formula is C10H7ClF3N3. The molecule has 0 atom stereocenters. The van der Waals surface area contributed by atoms with Gasteiger partial charge in [-0.25, -0.2) is 4.98 Å². The van der Waals surface area contributed by atoms with Gasteiger partial charge in [0.25, 0.3) is 0 Å². The van der Waals surface area contributed by atoms with Crippen molar-refractivity contribution in [3.63, 3.8) is 0 Å². The fourth-order valence-electron chi connectivity index (χ4n) is 1.02. The molecule has 0 radical (unpaired) electrons. The Labute approximate surface area is 101 Å². The number of aromatic nitrogens is 1. The predicted octanol–water partition coefficient (Wildman–Crippen LogP) is 3.14. The molecule has 0 fully saturated rings. The number of halogens is 4. The van der Waals surface area contributed by atoms with Crippen LogP contribution in [0.3, 0.4) is 0 Å². The molecule has 0 bridgehead atoms. The molecule has 1 N–H and O–H groups in total. The third kappa shape index (κ3) is 3.64. The Morgan fingerprint density at radius 1 is 1.53 bits per heavy atom. The van der Waals surface area contributed by atoms with E-state index in [-0.39, 0.29) is 23.0 Å². The van der Waals surface area contributed by atoms with Crippen LogP contribution in [-0.2, 0) is 6.18 Å². The summed E-state index contributed by atoms with van der Waals surface area (Å²) in [5, 5.41) is 11.4. The summed E-state index contributed by atoms with van der Waals surface area (Å²) in [6.45, 7) is 3.40. The van der Waals surface area contributed by atoms with Crippen LogP contribution in [-0.4, -0.2) is 11.5 Å². The summed E-state index contributed by atoms with van der Waals surface area (Å²) in [6, 6.07) is 3.53. The van der Waals surface area contributed by atoms with E-state index in [0.717, 1.165) is 12.1 Å². The molecule has 0 saturated carbocycles. The molecule has 0 aliphatic carbocycles. The van der Waals surface area contributed by atoms with Crippen molar-refractivity contribution in [3.05, 3.63) is 35.0 Å². The highest BCUT2D eigenvalue weighted by molar-refractivity contribution is 6.29. The fourth-order valence-corrected chi connectivity index (χ4v) is 1.09. The van der Waals surface area contributed by atoms with Gasteiger partial charge < -0.3 is 5.32 Å². The van der Waals surface area contributed by atoms with E-state index in [1.165, 1.54) is 0 Å². The molecule has 0 aliphatic heterocycles. The lowest BCUT2D eigenvalue weighted by Crippen LogP contribution is -2.12. The van der Waals surface area contributed by atoms with Crippen molar-refractivity contribution in [1.82, 2.24) is 4.98 Å². The van der Waals surface area contributed by atoms with E-state index in [9.17, 15) is 13.2 Å². The van der Waals surface area contributed by atoms with E-state index >= 15 is 0 Å². The Hall–Kier alpha value is -1.74. The maximum absolute atomic E-state index is 12.4. The zero-order valence-electron chi connectivity index (χ0n) is 8.48. The molecule has 0 spiro atoms. The second kappa shape index (κ2) is 5.06. The van der Waals surface area contributed by atoms with E-state index in [1.807, 2.05) is 0 Å². The van der Waals surface area contributed by atoms with Gasteiger partial charge in [0.2, 0.25) is 0 Å². The second-order valence-corrected chi connectivity index (χ2v) is 3.61. The van der Waals surface area contributed by atoms with Crippen molar-refractivity contribution < 1.29 is 13.2 Å². The quantitative estimate of drug-likeness (QED) is 0.909. The maximum atomic E-state index is 12.4. The molecule has 17 heavy (non-hydrogen) atoms. The summed E-state index contributed by atoms with van der Waals surface area (Å²) in [7, 11) is 0. The van der Waals surface area contributed by atoms with Crippen LogP contribution in [0.4, 0.5) is 19.0 Å². The van der Waals surface area contributed by atoms with Crippen molar-refractivity contribution in [2.45, 2.75) is 6.18 Å². The zero-order chi connectivity index (χ0) is 13.1. The largest absolute Gasteiger partial charge is 0.433 e. The Kier molecular flexibility index (Phi) is 3.97. The molecule has 1 rings (SSSR count). The molecule has 0 aromatic carbocycles. The summed E-state index contributed by atoms with van der Waals surface area (Å²) in [5.41, 5.74) is -1.06. The molecule has 7 heteroatoms. The number of alkyl halides is 3. The highest BCUT2D eigenvalue weighted by Gasteiger charge is 2.33. The van der Waals surface area contributed by atoms with Crippen molar-refractivity contribution in [2.24, 2.45) is 0 Å². The summed E-state index contributed by atoms with van der Waals surface area (Å²) in [4.78, 5) is 3.33. The van der Waals surface area contributed by atoms with E-state index in [1.54, 1.807) is 6.07 Å². The minimum atomic E-state index is -4.55. The lowest BCUT2D eigenvalue weighted by atomic mass is 10.2. The summed E-state index contributed by atoms with van der Waals surface area (Å²) in [6.07, 6.45) is -4.55. The Bertz CT molecular complexity index is 477. The molecule has 3 nitrogen and oxygen atoms in total. The first-order chi connectivity index (χ1) is 7.84. The average Bonchev–Trinajstić information content (AvgIpc) is 2.24. The smallest absolute Gasteiger partial charge is 0.364 e. The number of nitriles is 1. The van der Waals surface area contributed by atoms with Crippen LogP contribution in [0.5, 0.6) is 0 Å². The van der Waals surface area contributed by atoms with Gasteiger partial charge in [0, 0.05) is 5.03 Å². The Morgan fingerprint density at radius 2 is 2.18 bits per heavy atom. The molecule has 1 heterocycles. The van der Waals surface area contributed by atoms with E-state index in [0.29, 0.717) is 0 Å². The third-order valence-corrected chi connectivity index (χ3v) is 1.89. The molecule has 0 amide bonds. The van der Waals surface area contributed by atoms with Gasteiger partial charge in [0.05, 0.1) is 12.1 Å². The van der Waals surface area contributed by atoms with E-state index in [2.05, 4.69) is 16.9 Å². The van der Waals surface area contributed by atoms with Gasteiger partial charge >= 0.3 is 6.18 Å². The number of nitrogens with one attached hydrogen (secondary N) is 1. The van der Waals surface area contributed by atoms with Gasteiger partial charge in [-0.3, -0.25) is 0 Å². The molecular weight excluding hydrogens is 255 g/mol. The summed E-state index contributed by atoms with van der Waals surface area (Å²) in [5.74, 6) is -0.163. The first kappa shape index (κ1) is 13.3. The van der Waals surface area contributed by atoms with Crippen LogP contribution >= 0.6 is 11.6 Å². The van der Waals surface area contributed by atoms with Crippen LogP contribution in [0.2, 0.25) is 0 Å². The normalized spacial score (nSPS) is 10.8. The van der Waals surface area contributed by atoms with Gasteiger partial charge in [-0.1, -0.05) is 18.2 Å². The van der Waals surface area contributed by atoms with Crippen LogP contribution in [0.25, 0.3) is 0 Å². The fraction of sp³-hybridized carbons (Fsp3) is 0.200. The van der Waals surface area contributed by atoms with Crippen LogP contribution < -0.4 is 5.32 Å². The van der Waals surface area contributed by atoms with Crippen molar-refractivity contribution in [2.75, 3.05) is 11.9 Å². The first-order valence-electron chi connectivity index (χ1n) is 4.40. The molecule has 0 aliphatic rings. The van der Waals surface area contributed by atoms with Gasteiger partial charge in [-0.05, 0) is 12.1 Å². The van der Waals surface area contributed by atoms with Crippen molar-refractivity contribution in [3.8, 4) is 6.07 Å². The molecule has 0 unspecified atom stereocenters. The van der Waals surface area contributed by atoms with Gasteiger partial charge in [-0.15, -0.1) is 0 Å². The lowest BCUT2D eigenvalue weighted by Gasteiger charge is -2.10. The number of hydrogen-bond acceptors (Lipinski definition) is 3. The summed E-state index contributed by atoms with van der Waals surface area (Å²) >= 11 is 5.46. The zero-order valence-corrected chi connectivity index (χ0v) is 9.23. The number of rotatable bonds is 3. The van der Waals surface area contributed by atoms with Gasteiger partial charge in [0.1, 0.15) is 17.6 Å². The SMILES string of the molecule is C=C(Cl)CNc1nc(C(F)(F)F)ccc1C#N. The number of pyridine rings is 1. The van der Waals surface area contributed by atoms with Gasteiger partial charge in [0.15, 0.2) is 0 Å². The molecule has 1 aromatic rings. The van der Waals surface area contributed by atoms with Gasteiger partial charge in [-0.2, -0.15) is 18.4 Å². The number of nitrogens with zero attached hydrogens (tertiary/aromatic N) is 2. The Balaban J connectivity index is 3.08.